The molecule has 3 aliphatic rings. The van der Waals surface area contributed by atoms with E-state index in [0.717, 1.165) is 61.7 Å². The fraction of sp³-hybridized carbons (Fsp3) is 0.440. The van der Waals surface area contributed by atoms with Gasteiger partial charge in [0.15, 0.2) is 0 Å². The fourth-order valence-electron chi connectivity index (χ4n) is 4.83. The second kappa shape index (κ2) is 9.42. The lowest BCUT2D eigenvalue weighted by molar-refractivity contribution is -0.125. The summed E-state index contributed by atoms with van der Waals surface area (Å²) in [6, 6.07) is 6.57. The van der Waals surface area contributed by atoms with E-state index in [4.69, 9.17) is 0 Å². The van der Waals surface area contributed by atoms with Crippen molar-refractivity contribution in [3.63, 3.8) is 0 Å². The quantitative estimate of drug-likeness (QED) is 0.683. The molecule has 9 heteroatoms. The number of nitrogens with zero attached hydrogens (tertiary/aromatic N) is 6. The third-order valence-corrected chi connectivity index (χ3v) is 6.50. The molecule has 1 amide bonds. The molecule has 1 fully saturated rings. The monoisotopic (exact) mass is 460 g/mol. The van der Waals surface area contributed by atoms with Crippen molar-refractivity contribution in [1.29, 1.82) is 0 Å². The summed E-state index contributed by atoms with van der Waals surface area (Å²) < 4.78 is 0. The Morgan fingerprint density at radius 2 is 2.00 bits per heavy atom. The Morgan fingerprint density at radius 1 is 1.18 bits per heavy atom. The van der Waals surface area contributed by atoms with Crippen molar-refractivity contribution < 1.29 is 4.79 Å². The van der Waals surface area contributed by atoms with E-state index in [2.05, 4.69) is 80.8 Å². The van der Waals surface area contributed by atoms with Crippen LogP contribution < -0.4 is 10.2 Å². The first-order valence-corrected chi connectivity index (χ1v) is 12.0. The van der Waals surface area contributed by atoms with Crippen LogP contribution in [0, 0.1) is 5.92 Å². The number of allylic oxidation sites excluding steroid dienone is 2. The fourth-order valence-corrected chi connectivity index (χ4v) is 4.83. The highest BCUT2D eigenvalue weighted by Gasteiger charge is 2.28. The van der Waals surface area contributed by atoms with Gasteiger partial charge in [0.1, 0.15) is 6.17 Å². The van der Waals surface area contributed by atoms with Crippen molar-refractivity contribution in [2.45, 2.75) is 33.4 Å². The molecule has 0 aliphatic carbocycles. The highest BCUT2D eigenvalue weighted by atomic mass is 16.2. The Kier molecular flexibility index (Phi) is 6.19. The van der Waals surface area contributed by atoms with Crippen LogP contribution in [0.2, 0.25) is 0 Å². The van der Waals surface area contributed by atoms with Crippen molar-refractivity contribution in [2.24, 2.45) is 5.92 Å². The maximum atomic E-state index is 12.6. The summed E-state index contributed by atoms with van der Waals surface area (Å²) in [6.07, 6.45) is 8.58. The number of carbonyl (C=O) groups is 1. The molecule has 178 valence electrons. The van der Waals surface area contributed by atoms with Crippen molar-refractivity contribution >= 4 is 11.6 Å². The average molecular weight is 461 g/mol. The highest BCUT2D eigenvalue weighted by Crippen LogP contribution is 2.31. The topological polar surface area (TPSA) is 93.3 Å². The largest absolute Gasteiger partial charge is 0.368 e. The van der Waals surface area contributed by atoms with Crippen LogP contribution in [0.25, 0.3) is 11.4 Å². The van der Waals surface area contributed by atoms with Crippen molar-refractivity contribution in [3.05, 3.63) is 59.5 Å². The van der Waals surface area contributed by atoms with E-state index < -0.39 is 0 Å². The highest BCUT2D eigenvalue weighted by molar-refractivity contribution is 5.90. The van der Waals surface area contributed by atoms with Crippen LogP contribution in [0.3, 0.4) is 0 Å². The van der Waals surface area contributed by atoms with Crippen molar-refractivity contribution in [1.82, 2.24) is 35.7 Å². The molecule has 34 heavy (non-hydrogen) atoms. The van der Waals surface area contributed by atoms with Gasteiger partial charge in [0.05, 0.1) is 0 Å². The number of piperazine rings is 1. The van der Waals surface area contributed by atoms with E-state index in [-0.39, 0.29) is 12.1 Å². The van der Waals surface area contributed by atoms with Crippen LogP contribution in [-0.4, -0.2) is 75.2 Å². The number of carbonyl (C=O) groups excluding carboxylic acids is 1. The van der Waals surface area contributed by atoms with Gasteiger partial charge in [0, 0.05) is 61.9 Å². The van der Waals surface area contributed by atoms with Crippen LogP contribution in [0.5, 0.6) is 0 Å². The molecule has 0 radical (unpaired) electrons. The molecule has 2 aromatic rings. The predicted octanol–water partition coefficient (Wildman–Crippen LogP) is 2.30. The zero-order valence-corrected chi connectivity index (χ0v) is 20.0. The summed E-state index contributed by atoms with van der Waals surface area (Å²) >= 11 is 0. The second-order valence-corrected chi connectivity index (χ2v) is 9.68. The van der Waals surface area contributed by atoms with E-state index >= 15 is 0 Å². The van der Waals surface area contributed by atoms with Crippen LogP contribution in [0.4, 0.5) is 5.69 Å². The Bertz CT molecular complexity index is 1130. The summed E-state index contributed by atoms with van der Waals surface area (Å²) in [6.45, 7) is 10.9. The number of hydrogen-bond donors (Lipinski definition) is 2. The zero-order valence-electron chi connectivity index (χ0n) is 20.0. The van der Waals surface area contributed by atoms with Gasteiger partial charge in [-0.1, -0.05) is 19.9 Å². The summed E-state index contributed by atoms with van der Waals surface area (Å²) in [5.74, 6) is 1.25. The lowest BCUT2D eigenvalue weighted by Crippen LogP contribution is -2.52. The van der Waals surface area contributed by atoms with Gasteiger partial charge in [0.25, 0.3) is 5.91 Å². The number of amides is 1. The van der Waals surface area contributed by atoms with Crippen LogP contribution in [0.15, 0.2) is 53.9 Å². The van der Waals surface area contributed by atoms with Crippen molar-refractivity contribution in [2.75, 3.05) is 37.6 Å². The number of fused-ring (bicyclic) bond motifs is 1. The summed E-state index contributed by atoms with van der Waals surface area (Å²) in [7, 11) is 0. The maximum Gasteiger partial charge on any atom is 0.254 e. The first kappa shape index (κ1) is 22.3. The first-order chi connectivity index (χ1) is 16.5. The van der Waals surface area contributed by atoms with Gasteiger partial charge >= 0.3 is 0 Å². The van der Waals surface area contributed by atoms with E-state index in [9.17, 15) is 4.79 Å². The molecule has 4 heterocycles. The zero-order chi connectivity index (χ0) is 23.7. The van der Waals surface area contributed by atoms with Gasteiger partial charge < -0.3 is 10.2 Å². The predicted molar refractivity (Wildman–Crippen MR) is 132 cm³/mol. The molecule has 1 unspecified atom stereocenters. The third kappa shape index (κ3) is 4.75. The molecular formula is C25H32N8O. The molecule has 0 spiro atoms. The van der Waals surface area contributed by atoms with Crippen LogP contribution in [-0.2, 0) is 11.2 Å². The molecule has 0 bridgehead atoms. The number of anilines is 1. The number of benzene rings is 1. The minimum Gasteiger partial charge on any atom is -0.368 e. The molecule has 2 N–H and O–H groups in total. The summed E-state index contributed by atoms with van der Waals surface area (Å²) in [5.41, 5.74) is 5.63. The van der Waals surface area contributed by atoms with Crippen LogP contribution >= 0.6 is 0 Å². The van der Waals surface area contributed by atoms with E-state index in [0.29, 0.717) is 11.7 Å². The molecule has 1 atom stereocenters. The maximum absolute atomic E-state index is 12.6. The van der Waals surface area contributed by atoms with Gasteiger partial charge in [-0.05, 0) is 59.9 Å². The van der Waals surface area contributed by atoms with E-state index in [1.54, 1.807) is 11.0 Å². The number of rotatable bonds is 6. The second-order valence-electron chi connectivity index (χ2n) is 9.68. The number of H-pyrrole nitrogens is 1. The van der Waals surface area contributed by atoms with E-state index in [1.807, 2.05) is 12.3 Å². The van der Waals surface area contributed by atoms with Gasteiger partial charge in [-0.2, -0.15) is 5.21 Å². The Hall–Kier alpha value is -3.46. The number of aromatic amines is 1. The Balaban J connectivity index is 1.27. The molecule has 1 aromatic heterocycles. The smallest absolute Gasteiger partial charge is 0.254 e. The normalized spacial score (nSPS) is 20.8. The summed E-state index contributed by atoms with van der Waals surface area (Å²) in [5, 5.41) is 18.3. The lowest BCUT2D eigenvalue weighted by Gasteiger charge is -2.39. The Morgan fingerprint density at radius 3 is 2.74 bits per heavy atom. The third-order valence-electron chi connectivity index (χ3n) is 6.50. The Labute approximate surface area is 200 Å². The number of tetrazole rings is 1. The molecule has 0 saturated carbocycles. The lowest BCUT2D eigenvalue weighted by atomic mass is 9.99. The molecule has 5 rings (SSSR count). The average Bonchev–Trinajstić information content (AvgIpc) is 3.34. The van der Waals surface area contributed by atoms with Gasteiger partial charge in [0.2, 0.25) is 5.82 Å². The minimum atomic E-state index is -0.0972. The molecule has 1 saturated heterocycles. The van der Waals surface area contributed by atoms with E-state index in [1.165, 1.54) is 5.56 Å². The number of nitrogens with one attached hydrogen (secondary N) is 2. The minimum absolute atomic E-state index is 0.0316. The number of aromatic nitrogens is 4. The molecular weight excluding hydrogens is 428 g/mol. The van der Waals surface area contributed by atoms with Crippen LogP contribution in [0.1, 0.15) is 26.3 Å². The molecule has 9 nitrogen and oxygen atoms in total. The van der Waals surface area contributed by atoms with Gasteiger partial charge in [-0.3, -0.25) is 14.6 Å². The first-order valence-electron chi connectivity index (χ1n) is 12.0. The van der Waals surface area contributed by atoms with Gasteiger partial charge in [-0.25, -0.2) is 0 Å². The van der Waals surface area contributed by atoms with Gasteiger partial charge in [-0.15, -0.1) is 10.2 Å². The SMILES string of the molecule is CC1=CC2NC(CN3CCN(c4cc(CC(C)C)ccc4-c4nn[nH]n4)CC3)=CC(=O)N2C=C1. The summed E-state index contributed by atoms with van der Waals surface area (Å²) in [4.78, 5) is 19.1. The molecule has 3 aliphatic heterocycles. The van der Waals surface area contributed by atoms with Crippen molar-refractivity contribution in [3.8, 4) is 11.4 Å². The molecule has 1 aromatic carbocycles. The standard InChI is InChI=1S/C25H32N8O/c1-17(2)12-19-4-5-21(25-27-29-30-28-25)22(14-19)32-10-8-31(9-11-32)16-20-15-24(34)33-7-6-18(3)13-23(33)26-20/h4-7,13-15,17,23,26H,8-12,16H2,1-3H3,(H,27,28,29,30). The number of hydrogen-bond acceptors (Lipinski definition) is 7.